The molecule has 0 saturated heterocycles. The van der Waals surface area contributed by atoms with E-state index in [1.54, 1.807) is 6.20 Å². The summed E-state index contributed by atoms with van der Waals surface area (Å²) in [6.07, 6.45) is 5.67. The molecular formula is C16H18N2. The Labute approximate surface area is 108 Å². The Hall–Kier alpha value is -1.96. The fourth-order valence-electron chi connectivity index (χ4n) is 1.86. The van der Waals surface area contributed by atoms with Crippen LogP contribution in [0.25, 0.3) is 0 Å². The van der Waals surface area contributed by atoms with E-state index < -0.39 is 0 Å². The van der Waals surface area contributed by atoms with E-state index in [0.717, 1.165) is 24.2 Å². The largest absolute Gasteiger partial charge is 0.255 e. The maximum atomic E-state index is 4.54. The van der Waals surface area contributed by atoms with Crippen molar-refractivity contribution in [2.45, 2.75) is 26.7 Å². The van der Waals surface area contributed by atoms with Gasteiger partial charge >= 0.3 is 0 Å². The fraction of sp³-hybridized carbons (Fsp3) is 0.250. The first kappa shape index (κ1) is 12.5. The van der Waals surface area contributed by atoms with Gasteiger partial charge in [-0.3, -0.25) is 9.98 Å². The van der Waals surface area contributed by atoms with Crippen molar-refractivity contribution in [3.63, 3.8) is 0 Å². The number of nitrogens with zero attached hydrogens (tertiary/aromatic N) is 2. The van der Waals surface area contributed by atoms with Crippen LogP contribution in [0.2, 0.25) is 0 Å². The number of benzene rings is 1. The zero-order chi connectivity index (χ0) is 12.8. The minimum absolute atomic E-state index is 0.888. The number of pyridine rings is 1. The van der Waals surface area contributed by atoms with E-state index in [0.29, 0.717) is 0 Å². The Morgan fingerprint density at radius 3 is 2.67 bits per heavy atom. The van der Waals surface area contributed by atoms with Crippen LogP contribution in [0.1, 0.15) is 30.7 Å². The van der Waals surface area contributed by atoms with E-state index in [2.05, 4.69) is 42.0 Å². The smallest absolute Gasteiger partial charge is 0.0812 e. The molecule has 1 aromatic heterocycles. The summed E-state index contributed by atoms with van der Waals surface area (Å²) in [5.41, 5.74) is 4.59. The van der Waals surface area contributed by atoms with Crippen LogP contribution in [0.4, 0.5) is 5.69 Å². The average molecular weight is 238 g/mol. The van der Waals surface area contributed by atoms with Gasteiger partial charge < -0.3 is 0 Å². The lowest BCUT2D eigenvalue weighted by molar-refractivity contribution is 1.08. The van der Waals surface area contributed by atoms with Crippen LogP contribution in [-0.2, 0) is 12.8 Å². The topological polar surface area (TPSA) is 25.2 Å². The second-order valence-corrected chi connectivity index (χ2v) is 4.18. The normalized spacial score (nSPS) is 11.0. The molecule has 2 heteroatoms. The van der Waals surface area contributed by atoms with Crippen LogP contribution in [0, 0.1) is 0 Å². The molecule has 0 aliphatic heterocycles. The third-order valence-corrected chi connectivity index (χ3v) is 2.96. The van der Waals surface area contributed by atoms with Gasteiger partial charge in [0.15, 0.2) is 0 Å². The molecule has 0 saturated carbocycles. The molecule has 0 N–H and O–H groups in total. The SMILES string of the molecule is CCc1ccc(N=Cc2ccccn2)c(CC)c1. The Kier molecular flexibility index (Phi) is 4.24. The number of hydrogen-bond acceptors (Lipinski definition) is 2. The quantitative estimate of drug-likeness (QED) is 0.740. The highest BCUT2D eigenvalue weighted by Gasteiger charge is 2.00. The molecule has 0 amide bonds. The van der Waals surface area contributed by atoms with Gasteiger partial charge in [0.05, 0.1) is 17.6 Å². The molecule has 92 valence electrons. The van der Waals surface area contributed by atoms with E-state index >= 15 is 0 Å². The molecule has 2 nitrogen and oxygen atoms in total. The highest BCUT2D eigenvalue weighted by atomic mass is 14.8. The number of aromatic nitrogens is 1. The lowest BCUT2D eigenvalue weighted by atomic mass is 10.1. The first-order valence-electron chi connectivity index (χ1n) is 6.40. The number of aryl methyl sites for hydroxylation is 2. The van der Waals surface area contributed by atoms with Crippen molar-refractivity contribution in [2.24, 2.45) is 4.99 Å². The van der Waals surface area contributed by atoms with Crippen molar-refractivity contribution in [3.8, 4) is 0 Å². The van der Waals surface area contributed by atoms with Gasteiger partial charge in [0, 0.05) is 6.20 Å². The molecule has 0 aliphatic rings. The van der Waals surface area contributed by atoms with Gasteiger partial charge in [-0.25, -0.2) is 0 Å². The number of aliphatic imine (C=N–C) groups is 1. The van der Waals surface area contributed by atoms with E-state index in [1.165, 1.54) is 11.1 Å². The third kappa shape index (κ3) is 3.04. The van der Waals surface area contributed by atoms with Gasteiger partial charge in [0.2, 0.25) is 0 Å². The summed E-state index contributed by atoms with van der Waals surface area (Å²) in [5, 5.41) is 0. The molecule has 0 unspecified atom stereocenters. The van der Waals surface area contributed by atoms with Crippen molar-refractivity contribution in [1.29, 1.82) is 0 Å². The highest BCUT2D eigenvalue weighted by molar-refractivity contribution is 5.79. The summed E-state index contributed by atoms with van der Waals surface area (Å²) in [6.45, 7) is 4.33. The third-order valence-electron chi connectivity index (χ3n) is 2.96. The number of rotatable bonds is 4. The predicted molar refractivity (Wildman–Crippen MR) is 76.7 cm³/mol. The van der Waals surface area contributed by atoms with Gasteiger partial charge in [0.25, 0.3) is 0 Å². The van der Waals surface area contributed by atoms with Crippen molar-refractivity contribution in [1.82, 2.24) is 4.98 Å². The van der Waals surface area contributed by atoms with Crippen molar-refractivity contribution < 1.29 is 0 Å². The summed E-state index contributed by atoms with van der Waals surface area (Å²) in [5.74, 6) is 0. The number of hydrogen-bond donors (Lipinski definition) is 0. The molecule has 18 heavy (non-hydrogen) atoms. The summed E-state index contributed by atoms with van der Waals surface area (Å²) in [7, 11) is 0. The summed E-state index contributed by atoms with van der Waals surface area (Å²) < 4.78 is 0. The molecule has 2 aromatic rings. The Morgan fingerprint density at radius 1 is 1.11 bits per heavy atom. The van der Waals surface area contributed by atoms with Gasteiger partial charge in [-0.1, -0.05) is 32.0 Å². The summed E-state index contributed by atoms with van der Waals surface area (Å²) in [6, 6.07) is 12.3. The average Bonchev–Trinajstić information content (AvgIpc) is 2.46. The second kappa shape index (κ2) is 6.10. The van der Waals surface area contributed by atoms with Crippen LogP contribution in [0.5, 0.6) is 0 Å². The van der Waals surface area contributed by atoms with Crippen molar-refractivity contribution in [3.05, 3.63) is 59.4 Å². The van der Waals surface area contributed by atoms with Crippen LogP contribution in [0.3, 0.4) is 0 Å². The molecule has 1 heterocycles. The van der Waals surface area contributed by atoms with Crippen molar-refractivity contribution >= 4 is 11.9 Å². The van der Waals surface area contributed by atoms with E-state index in [9.17, 15) is 0 Å². The van der Waals surface area contributed by atoms with Crippen LogP contribution in [-0.4, -0.2) is 11.2 Å². The lowest BCUT2D eigenvalue weighted by Crippen LogP contribution is -1.88. The van der Waals surface area contributed by atoms with Crippen molar-refractivity contribution in [2.75, 3.05) is 0 Å². The van der Waals surface area contributed by atoms with Crippen LogP contribution >= 0.6 is 0 Å². The maximum Gasteiger partial charge on any atom is 0.0812 e. The lowest BCUT2D eigenvalue weighted by Gasteiger charge is -2.05. The molecule has 0 radical (unpaired) electrons. The Morgan fingerprint density at radius 2 is 2.00 bits per heavy atom. The summed E-state index contributed by atoms with van der Waals surface area (Å²) >= 11 is 0. The van der Waals surface area contributed by atoms with Crippen LogP contribution in [0.15, 0.2) is 47.6 Å². The molecule has 1 aromatic carbocycles. The Bertz CT molecular complexity index is 530. The van der Waals surface area contributed by atoms with Gasteiger partial charge in [-0.2, -0.15) is 0 Å². The monoisotopic (exact) mass is 238 g/mol. The van der Waals surface area contributed by atoms with Gasteiger partial charge in [0.1, 0.15) is 0 Å². The van der Waals surface area contributed by atoms with E-state index in [4.69, 9.17) is 0 Å². The van der Waals surface area contributed by atoms with E-state index in [1.807, 2.05) is 24.4 Å². The standard InChI is InChI=1S/C16H18N2/c1-3-13-8-9-16(14(4-2)11-13)18-12-15-7-5-6-10-17-15/h5-12H,3-4H2,1-2H3. The Balaban J connectivity index is 2.26. The first-order chi connectivity index (χ1) is 8.83. The zero-order valence-electron chi connectivity index (χ0n) is 10.9. The molecule has 0 fully saturated rings. The highest BCUT2D eigenvalue weighted by Crippen LogP contribution is 2.21. The van der Waals surface area contributed by atoms with Gasteiger partial charge in [-0.05, 0) is 42.2 Å². The zero-order valence-corrected chi connectivity index (χ0v) is 10.9. The minimum Gasteiger partial charge on any atom is -0.255 e. The fourth-order valence-corrected chi connectivity index (χ4v) is 1.86. The summed E-state index contributed by atoms with van der Waals surface area (Å²) in [4.78, 5) is 8.77. The second-order valence-electron chi connectivity index (χ2n) is 4.18. The minimum atomic E-state index is 0.888. The molecule has 0 atom stereocenters. The molecule has 0 aliphatic carbocycles. The van der Waals surface area contributed by atoms with Gasteiger partial charge in [-0.15, -0.1) is 0 Å². The molecule has 0 bridgehead atoms. The molecular weight excluding hydrogens is 220 g/mol. The van der Waals surface area contributed by atoms with E-state index in [-0.39, 0.29) is 0 Å². The predicted octanol–water partition coefficient (Wildman–Crippen LogP) is 3.96. The molecule has 2 rings (SSSR count). The van der Waals surface area contributed by atoms with Crippen LogP contribution < -0.4 is 0 Å². The molecule has 0 spiro atoms. The first-order valence-corrected chi connectivity index (χ1v) is 6.40. The maximum absolute atomic E-state index is 4.54.